The highest BCUT2D eigenvalue weighted by atomic mass is 16.5. The Hall–Kier alpha value is -1.31. The van der Waals surface area contributed by atoms with E-state index in [1.54, 1.807) is 0 Å². The SMILES string of the molecule is CCOC(=O)C(C)CC(C)CCc1ccccc1. The lowest BCUT2D eigenvalue weighted by molar-refractivity contribution is -0.147. The van der Waals surface area contributed by atoms with Gasteiger partial charge in [0.25, 0.3) is 0 Å². The van der Waals surface area contributed by atoms with Gasteiger partial charge in [-0.15, -0.1) is 0 Å². The van der Waals surface area contributed by atoms with Crippen molar-refractivity contribution in [2.45, 2.75) is 40.0 Å². The second kappa shape index (κ2) is 7.91. The van der Waals surface area contributed by atoms with Gasteiger partial charge in [0.15, 0.2) is 0 Å². The molecule has 0 amide bonds. The maximum atomic E-state index is 11.5. The highest BCUT2D eigenvalue weighted by Crippen LogP contribution is 2.18. The van der Waals surface area contributed by atoms with Crippen molar-refractivity contribution >= 4 is 5.97 Å². The van der Waals surface area contributed by atoms with Gasteiger partial charge in [-0.1, -0.05) is 44.2 Å². The molecule has 0 saturated heterocycles. The molecule has 100 valence electrons. The Morgan fingerprint density at radius 2 is 1.89 bits per heavy atom. The zero-order chi connectivity index (χ0) is 13.4. The molecule has 0 aliphatic heterocycles. The predicted molar refractivity (Wildman–Crippen MR) is 74.3 cm³/mol. The first kappa shape index (κ1) is 14.7. The Morgan fingerprint density at radius 1 is 1.22 bits per heavy atom. The van der Waals surface area contributed by atoms with E-state index in [1.165, 1.54) is 5.56 Å². The second-order valence-corrected chi connectivity index (χ2v) is 5.02. The summed E-state index contributed by atoms with van der Waals surface area (Å²) in [6, 6.07) is 10.5. The molecule has 2 nitrogen and oxygen atoms in total. The van der Waals surface area contributed by atoms with Crippen molar-refractivity contribution in [2.75, 3.05) is 6.61 Å². The first-order chi connectivity index (χ1) is 8.63. The van der Waals surface area contributed by atoms with Crippen LogP contribution in [0.15, 0.2) is 30.3 Å². The van der Waals surface area contributed by atoms with Crippen molar-refractivity contribution in [3.63, 3.8) is 0 Å². The summed E-state index contributed by atoms with van der Waals surface area (Å²) in [5, 5.41) is 0. The van der Waals surface area contributed by atoms with Gasteiger partial charge in [-0.2, -0.15) is 0 Å². The fourth-order valence-electron chi connectivity index (χ4n) is 2.16. The Kier molecular flexibility index (Phi) is 6.48. The monoisotopic (exact) mass is 248 g/mol. The van der Waals surface area contributed by atoms with Crippen LogP contribution < -0.4 is 0 Å². The summed E-state index contributed by atoms with van der Waals surface area (Å²) < 4.78 is 5.03. The normalized spacial score (nSPS) is 13.9. The third kappa shape index (κ3) is 5.35. The van der Waals surface area contributed by atoms with E-state index in [0.717, 1.165) is 19.3 Å². The Labute approximate surface area is 110 Å². The summed E-state index contributed by atoms with van der Waals surface area (Å²) in [6.07, 6.45) is 3.11. The van der Waals surface area contributed by atoms with Crippen LogP contribution in [0.4, 0.5) is 0 Å². The van der Waals surface area contributed by atoms with E-state index in [1.807, 2.05) is 19.9 Å². The van der Waals surface area contributed by atoms with E-state index in [9.17, 15) is 4.79 Å². The van der Waals surface area contributed by atoms with Gasteiger partial charge in [0.05, 0.1) is 12.5 Å². The number of ether oxygens (including phenoxy) is 1. The lowest BCUT2D eigenvalue weighted by Crippen LogP contribution is -2.17. The highest BCUT2D eigenvalue weighted by Gasteiger charge is 2.17. The smallest absolute Gasteiger partial charge is 0.308 e. The van der Waals surface area contributed by atoms with Crippen LogP contribution in [0.3, 0.4) is 0 Å². The van der Waals surface area contributed by atoms with E-state index in [2.05, 4.69) is 31.2 Å². The number of aryl methyl sites for hydroxylation is 1. The van der Waals surface area contributed by atoms with Gasteiger partial charge >= 0.3 is 5.97 Å². The number of hydrogen-bond acceptors (Lipinski definition) is 2. The minimum atomic E-state index is -0.0657. The number of carbonyl (C=O) groups excluding carboxylic acids is 1. The molecule has 1 aromatic rings. The summed E-state index contributed by atoms with van der Waals surface area (Å²) >= 11 is 0. The maximum Gasteiger partial charge on any atom is 0.308 e. The van der Waals surface area contributed by atoms with E-state index in [-0.39, 0.29) is 11.9 Å². The van der Waals surface area contributed by atoms with Crippen LogP contribution in [0.1, 0.15) is 39.2 Å². The van der Waals surface area contributed by atoms with Gasteiger partial charge < -0.3 is 4.74 Å². The van der Waals surface area contributed by atoms with Gasteiger partial charge in [-0.3, -0.25) is 4.79 Å². The predicted octanol–water partition coefficient (Wildman–Crippen LogP) is 3.84. The van der Waals surface area contributed by atoms with Crippen molar-refractivity contribution in [3.8, 4) is 0 Å². The molecular weight excluding hydrogens is 224 g/mol. The topological polar surface area (TPSA) is 26.3 Å². The van der Waals surface area contributed by atoms with Crippen LogP contribution in [-0.4, -0.2) is 12.6 Å². The third-order valence-electron chi connectivity index (χ3n) is 3.21. The van der Waals surface area contributed by atoms with Gasteiger partial charge in [0.1, 0.15) is 0 Å². The van der Waals surface area contributed by atoms with Gasteiger partial charge in [0.2, 0.25) is 0 Å². The van der Waals surface area contributed by atoms with Gasteiger partial charge in [-0.05, 0) is 37.7 Å². The third-order valence-corrected chi connectivity index (χ3v) is 3.21. The van der Waals surface area contributed by atoms with Crippen molar-refractivity contribution in [2.24, 2.45) is 11.8 Å². The van der Waals surface area contributed by atoms with Crippen molar-refractivity contribution in [1.29, 1.82) is 0 Å². The van der Waals surface area contributed by atoms with E-state index >= 15 is 0 Å². The molecule has 0 radical (unpaired) electrons. The summed E-state index contributed by atoms with van der Waals surface area (Å²) in [5.74, 6) is 0.490. The zero-order valence-electron chi connectivity index (χ0n) is 11.7. The molecule has 0 heterocycles. The molecule has 0 spiro atoms. The molecule has 18 heavy (non-hydrogen) atoms. The van der Waals surface area contributed by atoms with Crippen LogP contribution in [-0.2, 0) is 16.0 Å². The largest absolute Gasteiger partial charge is 0.466 e. The summed E-state index contributed by atoms with van der Waals surface area (Å²) in [6.45, 7) is 6.49. The maximum absolute atomic E-state index is 11.5. The molecule has 0 bridgehead atoms. The number of benzene rings is 1. The molecule has 1 rings (SSSR count). The molecule has 0 aliphatic carbocycles. The molecule has 2 atom stereocenters. The number of esters is 1. The Bertz CT molecular complexity index is 345. The number of rotatable bonds is 7. The molecule has 1 aromatic carbocycles. The van der Waals surface area contributed by atoms with Gasteiger partial charge in [0, 0.05) is 0 Å². The molecule has 2 heteroatoms. The quantitative estimate of drug-likeness (QED) is 0.685. The second-order valence-electron chi connectivity index (χ2n) is 5.02. The summed E-state index contributed by atoms with van der Waals surface area (Å²) in [7, 11) is 0. The average molecular weight is 248 g/mol. The minimum absolute atomic E-state index is 0.00993. The lowest BCUT2D eigenvalue weighted by atomic mass is 9.92. The van der Waals surface area contributed by atoms with Crippen LogP contribution in [0.5, 0.6) is 0 Å². The standard InChI is InChI=1S/C16H24O2/c1-4-18-16(17)14(3)12-13(2)10-11-15-8-6-5-7-9-15/h5-9,13-14H,4,10-12H2,1-3H3. The summed E-state index contributed by atoms with van der Waals surface area (Å²) in [5.41, 5.74) is 1.37. The first-order valence-electron chi connectivity index (χ1n) is 6.84. The summed E-state index contributed by atoms with van der Waals surface area (Å²) in [4.78, 5) is 11.5. The van der Waals surface area contributed by atoms with Crippen LogP contribution in [0.25, 0.3) is 0 Å². The van der Waals surface area contributed by atoms with Crippen LogP contribution >= 0.6 is 0 Å². The average Bonchev–Trinajstić information content (AvgIpc) is 2.38. The van der Waals surface area contributed by atoms with E-state index < -0.39 is 0 Å². The van der Waals surface area contributed by atoms with Crippen LogP contribution in [0.2, 0.25) is 0 Å². The Balaban J connectivity index is 2.29. The molecule has 0 fully saturated rings. The molecule has 0 aliphatic rings. The molecule has 2 unspecified atom stereocenters. The van der Waals surface area contributed by atoms with Crippen molar-refractivity contribution in [3.05, 3.63) is 35.9 Å². The number of carbonyl (C=O) groups is 1. The van der Waals surface area contributed by atoms with E-state index in [4.69, 9.17) is 4.74 Å². The zero-order valence-corrected chi connectivity index (χ0v) is 11.7. The molecule has 0 N–H and O–H groups in total. The fourth-order valence-corrected chi connectivity index (χ4v) is 2.16. The molecule has 0 aromatic heterocycles. The van der Waals surface area contributed by atoms with E-state index in [0.29, 0.717) is 12.5 Å². The fraction of sp³-hybridized carbons (Fsp3) is 0.562. The van der Waals surface area contributed by atoms with Crippen LogP contribution in [0, 0.1) is 11.8 Å². The lowest BCUT2D eigenvalue weighted by Gasteiger charge is -2.16. The molecule has 0 saturated carbocycles. The molecular formula is C16H24O2. The highest BCUT2D eigenvalue weighted by molar-refractivity contribution is 5.71. The first-order valence-corrected chi connectivity index (χ1v) is 6.84. The van der Waals surface area contributed by atoms with Gasteiger partial charge in [-0.25, -0.2) is 0 Å². The van der Waals surface area contributed by atoms with Crippen molar-refractivity contribution < 1.29 is 9.53 Å². The Morgan fingerprint density at radius 3 is 2.50 bits per heavy atom. The number of hydrogen-bond donors (Lipinski definition) is 0. The van der Waals surface area contributed by atoms with Crippen molar-refractivity contribution in [1.82, 2.24) is 0 Å². The minimum Gasteiger partial charge on any atom is -0.466 e.